The monoisotopic (exact) mass is 323 g/mol. The molecule has 0 bridgehead atoms. The maximum Gasteiger partial charge on any atom is 0.205 e. The van der Waals surface area contributed by atoms with Crippen molar-refractivity contribution in [2.45, 2.75) is 6.54 Å². The van der Waals surface area contributed by atoms with Crippen LogP contribution in [-0.4, -0.2) is 44.2 Å². The Kier molecular flexibility index (Phi) is 3.62. The molecule has 3 heterocycles. The van der Waals surface area contributed by atoms with Gasteiger partial charge in [0.05, 0.1) is 0 Å². The minimum atomic E-state index is -0.134. The average Bonchev–Trinajstić information content (AvgIpc) is 3.10. The van der Waals surface area contributed by atoms with Crippen LogP contribution in [-0.2, 0) is 6.54 Å². The Hall–Kier alpha value is -3.29. The van der Waals surface area contributed by atoms with Crippen LogP contribution in [0.1, 0.15) is 10.4 Å². The minimum absolute atomic E-state index is 0.00225. The van der Waals surface area contributed by atoms with Gasteiger partial charge in [-0.2, -0.15) is 4.80 Å². The van der Waals surface area contributed by atoms with E-state index in [-0.39, 0.29) is 12.3 Å². The van der Waals surface area contributed by atoms with Crippen molar-refractivity contribution in [3.05, 3.63) is 48.3 Å². The SMILES string of the molecule is O=C(Cn1nnc(-c2ccncc2)n1)c1ccc2c(c1)OCCO2. The van der Waals surface area contributed by atoms with Crippen molar-refractivity contribution in [2.75, 3.05) is 13.2 Å². The van der Waals surface area contributed by atoms with Gasteiger partial charge in [-0.05, 0) is 35.5 Å². The molecule has 0 spiro atoms. The number of nitrogens with zero attached hydrogens (tertiary/aromatic N) is 5. The van der Waals surface area contributed by atoms with E-state index in [0.717, 1.165) is 5.56 Å². The van der Waals surface area contributed by atoms with Crippen molar-refractivity contribution < 1.29 is 14.3 Å². The zero-order valence-electron chi connectivity index (χ0n) is 12.6. The second-order valence-corrected chi connectivity index (χ2v) is 5.16. The van der Waals surface area contributed by atoms with Crippen LogP contribution in [0.2, 0.25) is 0 Å². The van der Waals surface area contributed by atoms with E-state index < -0.39 is 0 Å². The summed E-state index contributed by atoms with van der Waals surface area (Å²) >= 11 is 0. The van der Waals surface area contributed by atoms with Gasteiger partial charge >= 0.3 is 0 Å². The third-order valence-electron chi connectivity index (χ3n) is 3.54. The second-order valence-electron chi connectivity index (χ2n) is 5.16. The predicted molar refractivity (Wildman–Crippen MR) is 82.8 cm³/mol. The Morgan fingerprint density at radius 2 is 1.88 bits per heavy atom. The maximum absolute atomic E-state index is 12.4. The summed E-state index contributed by atoms with van der Waals surface area (Å²) in [6.45, 7) is 0.989. The molecule has 1 aliphatic rings. The van der Waals surface area contributed by atoms with Crippen molar-refractivity contribution >= 4 is 5.78 Å². The standard InChI is InChI=1S/C16H13N5O3/c22-13(12-1-2-14-15(9-12)24-8-7-23-14)10-21-19-16(18-20-21)11-3-5-17-6-4-11/h1-6,9H,7-8,10H2. The number of benzene rings is 1. The fraction of sp³-hybridized carbons (Fsp3) is 0.188. The van der Waals surface area contributed by atoms with Crippen molar-refractivity contribution in [1.29, 1.82) is 0 Å². The smallest absolute Gasteiger partial charge is 0.205 e. The molecule has 3 aromatic rings. The maximum atomic E-state index is 12.4. The van der Waals surface area contributed by atoms with Gasteiger partial charge in [0.2, 0.25) is 5.82 Å². The van der Waals surface area contributed by atoms with E-state index in [1.807, 2.05) is 0 Å². The predicted octanol–water partition coefficient (Wildman–Crippen LogP) is 1.39. The highest BCUT2D eigenvalue weighted by atomic mass is 16.6. The van der Waals surface area contributed by atoms with Gasteiger partial charge in [-0.3, -0.25) is 9.78 Å². The molecule has 2 aromatic heterocycles. The molecule has 0 radical (unpaired) electrons. The molecule has 120 valence electrons. The van der Waals surface area contributed by atoms with Gasteiger partial charge < -0.3 is 9.47 Å². The zero-order chi connectivity index (χ0) is 16.4. The summed E-state index contributed by atoms with van der Waals surface area (Å²) in [5.41, 5.74) is 1.31. The molecule has 0 saturated carbocycles. The van der Waals surface area contributed by atoms with Gasteiger partial charge in [-0.15, -0.1) is 10.2 Å². The van der Waals surface area contributed by atoms with Crippen LogP contribution in [0.5, 0.6) is 11.5 Å². The second kappa shape index (κ2) is 6.07. The number of rotatable bonds is 4. The number of carbonyl (C=O) groups excluding carboxylic acids is 1. The van der Waals surface area contributed by atoms with Gasteiger partial charge in [-0.25, -0.2) is 0 Å². The van der Waals surface area contributed by atoms with E-state index in [9.17, 15) is 4.79 Å². The zero-order valence-corrected chi connectivity index (χ0v) is 12.6. The average molecular weight is 323 g/mol. The summed E-state index contributed by atoms with van der Waals surface area (Å²) in [6, 6.07) is 8.68. The Labute approximate surface area is 137 Å². The third kappa shape index (κ3) is 2.81. The topological polar surface area (TPSA) is 92.0 Å². The quantitative estimate of drug-likeness (QED) is 0.670. The van der Waals surface area contributed by atoms with Gasteiger partial charge in [0.25, 0.3) is 0 Å². The number of fused-ring (bicyclic) bond motifs is 1. The van der Waals surface area contributed by atoms with E-state index in [0.29, 0.717) is 36.1 Å². The summed E-state index contributed by atoms with van der Waals surface area (Å²) in [6.07, 6.45) is 3.30. The van der Waals surface area contributed by atoms with Crippen LogP contribution in [0.15, 0.2) is 42.7 Å². The molecule has 0 saturated heterocycles. The summed E-state index contributed by atoms with van der Waals surface area (Å²) < 4.78 is 10.9. The van der Waals surface area contributed by atoms with Crippen molar-refractivity contribution in [3.8, 4) is 22.9 Å². The first-order valence-electron chi connectivity index (χ1n) is 7.41. The van der Waals surface area contributed by atoms with E-state index in [1.165, 1.54) is 4.80 Å². The van der Waals surface area contributed by atoms with E-state index in [1.54, 1.807) is 42.7 Å². The molecule has 0 fully saturated rings. The first-order valence-corrected chi connectivity index (χ1v) is 7.41. The number of Topliss-reactive ketones (excluding diaryl/α,β-unsaturated/α-hetero) is 1. The lowest BCUT2D eigenvalue weighted by Gasteiger charge is -2.18. The number of tetrazole rings is 1. The van der Waals surface area contributed by atoms with Crippen LogP contribution in [0.3, 0.4) is 0 Å². The molecule has 8 nitrogen and oxygen atoms in total. The number of ketones is 1. The largest absolute Gasteiger partial charge is 0.486 e. The highest BCUT2D eigenvalue weighted by Gasteiger charge is 2.16. The highest BCUT2D eigenvalue weighted by molar-refractivity contribution is 5.96. The van der Waals surface area contributed by atoms with Crippen LogP contribution in [0.4, 0.5) is 0 Å². The van der Waals surface area contributed by atoms with Gasteiger partial charge in [0, 0.05) is 23.5 Å². The number of ether oxygens (including phenoxy) is 2. The fourth-order valence-corrected chi connectivity index (χ4v) is 2.36. The van der Waals surface area contributed by atoms with Crippen LogP contribution >= 0.6 is 0 Å². The van der Waals surface area contributed by atoms with E-state index in [4.69, 9.17) is 9.47 Å². The Balaban J connectivity index is 1.51. The summed E-state index contributed by atoms with van der Waals surface area (Å²) in [5, 5.41) is 12.1. The number of carbonyl (C=O) groups is 1. The molecular weight excluding hydrogens is 310 g/mol. The molecule has 0 amide bonds. The van der Waals surface area contributed by atoms with Crippen LogP contribution < -0.4 is 9.47 Å². The van der Waals surface area contributed by atoms with E-state index in [2.05, 4.69) is 20.4 Å². The molecule has 0 atom stereocenters. The summed E-state index contributed by atoms with van der Waals surface area (Å²) in [5.74, 6) is 1.55. The molecule has 1 aliphatic heterocycles. The lowest BCUT2D eigenvalue weighted by atomic mass is 10.1. The fourth-order valence-electron chi connectivity index (χ4n) is 2.36. The molecule has 4 rings (SSSR count). The highest BCUT2D eigenvalue weighted by Crippen LogP contribution is 2.30. The molecular formula is C16H13N5O3. The molecule has 0 aliphatic carbocycles. The molecule has 8 heteroatoms. The Morgan fingerprint density at radius 3 is 2.71 bits per heavy atom. The van der Waals surface area contributed by atoms with Gasteiger partial charge in [0.15, 0.2) is 17.3 Å². The summed E-state index contributed by atoms with van der Waals surface area (Å²) in [4.78, 5) is 17.6. The molecule has 1 aromatic carbocycles. The molecule has 0 N–H and O–H groups in total. The third-order valence-corrected chi connectivity index (χ3v) is 3.54. The van der Waals surface area contributed by atoms with Crippen molar-refractivity contribution in [3.63, 3.8) is 0 Å². The Morgan fingerprint density at radius 1 is 1.08 bits per heavy atom. The normalized spacial score (nSPS) is 12.8. The summed E-state index contributed by atoms with van der Waals surface area (Å²) in [7, 11) is 0. The Bertz CT molecular complexity index is 878. The van der Waals surface area contributed by atoms with Crippen LogP contribution in [0.25, 0.3) is 11.4 Å². The number of hydrogen-bond acceptors (Lipinski definition) is 7. The van der Waals surface area contributed by atoms with E-state index >= 15 is 0 Å². The minimum Gasteiger partial charge on any atom is -0.486 e. The first-order chi connectivity index (χ1) is 11.8. The van der Waals surface area contributed by atoms with Gasteiger partial charge in [-0.1, -0.05) is 0 Å². The van der Waals surface area contributed by atoms with Crippen molar-refractivity contribution in [2.24, 2.45) is 0 Å². The van der Waals surface area contributed by atoms with Crippen LogP contribution in [0, 0.1) is 0 Å². The number of hydrogen-bond donors (Lipinski definition) is 0. The molecule has 0 unspecified atom stereocenters. The lowest BCUT2D eigenvalue weighted by Crippen LogP contribution is -2.17. The number of aromatic nitrogens is 5. The first kappa shape index (κ1) is 14.3. The van der Waals surface area contributed by atoms with Crippen molar-refractivity contribution in [1.82, 2.24) is 25.2 Å². The number of pyridine rings is 1. The lowest BCUT2D eigenvalue weighted by molar-refractivity contribution is 0.0960. The van der Waals surface area contributed by atoms with Gasteiger partial charge in [0.1, 0.15) is 19.8 Å². The molecule has 24 heavy (non-hydrogen) atoms.